The summed E-state index contributed by atoms with van der Waals surface area (Å²) in [6, 6.07) is 0. The van der Waals surface area contributed by atoms with Gasteiger partial charge in [-0.3, -0.25) is 9.59 Å². The van der Waals surface area contributed by atoms with Crippen molar-refractivity contribution in [3.63, 3.8) is 0 Å². The summed E-state index contributed by atoms with van der Waals surface area (Å²) in [5.74, 6) is -1.95. The minimum absolute atomic E-state index is 0.0169. The third-order valence-corrected chi connectivity index (χ3v) is 4.39. The van der Waals surface area contributed by atoms with Crippen LogP contribution in [0, 0.1) is 10.8 Å². The average Bonchev–Trinajstić information content (AvgIpc) is 3.12. The highest BCUT2D eigenvalue weighted by Gasteiger charge is 2.55. The molecule has 6 heteroatoms. The third kappa shape index (κ3) is 3.06. The van der Waals surface area contributed by atoms with Crippen LogP contribution >= 0.6 is 0 Å². The van der Waals surface area contributed by atoms with Crippen molar-refractivity contribution in [2.75, 3.05) is 13.2 Å². The maximum absolute atomic E-state index is 11.6. The number of epoxide rings is 2. The monoisotopic (exact) mass is 272 g/mol. The molecule has 2 atom stereocenters. The molecule has 2 fully saturated rings. The van der Waals surface area contributed by atoms with Crippen molar-refractivity contribution in [3.05, 3.63) is 0 Å². The number of carbonyl (C=O) groups is 2. The molecule has 2 aliphatic rings. The first-order chi connectivity index (χ1) is 8.77. The number of hydrogen-bond acceptors (Lipinski definition) is 4. The van der Waals surface area contributed by atoms with Crippen LogP contribution in [0.15, 0.2) is 0 Å². The molecular weight excluding hydrogens is 252 g/mol. The first kappa shape index (κ1) is 14.3. The maximum atomic E-state index is 11.6. The number of ether oxygens (including phenoxy) is 2. The summed E-state index contributed by atoms with van der Waals surface area (Å²) < 4.78 is 10.4. The molecule has 2 heterocycles. The van der Waals surface area contributed by atoms with Crippen LogP contribution in [0.2, 0.25) is 0 Å². The molecule has 2 aliphatic heterocycles. The van der Waals surface area contributed by atoms with E-state index in [1.54, 1.807) is 13.8 Å². The standard InChI is InChI=1S/C13H20O6/c1-12(2,11(16)17)13(5-10(14)15,3-8-6-18-8)4-9-7-19-9/h8-9H,3-7H2,1-2H3,(H,14,15)(H,16,17). The molecule has 0 saturated carbocycles. The molecule has 2 N–H and O–H groups in total. The Hall–Kier alpha value is -1.14. The van der Waals surface area contributed by atoms with E-state index in [0.717, 1.165) is 0 Å². The molecule has 2 rings (SSSR count). The molecule has 19 heavy (non-hydrogen) atoms. The van der Waals surface area contributed by atoms with E-state index in [9.17, 15) is 19.8 Å². The number of rotatable bonds is 8. The Morgan fingerprint density at radius 2 is 1.53 bits per heavy atom. The van der Waals surface area contributed by atoms with E-state index in [0.29, 0.717) is 26.1 Å². The van der Waals surface area contributed by atoms with Gasteiger partial charge >= 0.3 is 11.9 Å². The van der Waals surface area contributed by atoms with Gasteiger partial charge in [-0.1, -0.05) is 0 Å². The van der Waals surface area contributed by atoms with Crippen molar-refractivity contribution in [2.45, 2.75) is 45.3 Å². The highest BCUT2D eigenvalue weighted by Crippen LogP contribution is 2.52. The largest absolute Gasteiger partial charge is 0.481 e. The first-order valence-corrected chi connectivity index (χ1v) is 6.45. The van der Waals surface area contributed by atoms with Gasteiger partial charge < -0.3 is 19.7 Å². The van der Waals surface area contributed by atoms with Gasteiger partial charge in [0.05, 0.1) is 37.3 Å². The molecule has 0 aromatic heterocycles. The molecule has 2 saturated heterocycles. The summed E-state index contributed by atoms with van der Waals surface area (Å²) in [4.78, 5) is 22.8. The fraction of sp³-hybridized carbons (Fsp3) is 0.846. The Labute approximate surface area is 111 Å². The van der Waals surface area contributed by atoms with Crippen molar-refractivity contribution < 1.29 is 29.3 Å². The third-order valence-electron chi connectivity index (χ3n) is 4.39. The van der Waals surface area contributed by atoms with Gasteiger partial charge in [0.2, 0.25) is 0 Å². The molecule has 0 spiro atoms. The molecule has 0 aromatic rings. The summed E-state index contributed by atoms with van der Waals surface area (Å²) in [5.41, 5.74) is -1.98. The van der Waals surface area contributed by atoms with E-state index in [2.05, 4.69) is 0 Å². The molecule has 0 amide bonds. The topological polar surface area (TPSA) is 99.7 Å². The van der Waals surface area contributed by atoms with Crippen LogP contribution in [0.25, 0.3) is 0 Å². The molecule has 2 unspecified atom stereocenters. The number of aliphatic carboxylic acids is 2. The van der Waals surface area contributed by atoms with Crippen LogP contribution in [0.3, 0.4) is 0 Å². The predicted octanol–water partition coefficient (Wildman–Crippen LogP) is 1.14. The quantitative estimate of drug-likeness (QED) is 0.643. The summed E-state index contributed by atoms with van der Waals surface area (Å²) in [6.45, 7) is 4.37. The summed E-state index contributed by atoms with van der Waals surface area (Å²) in [7, 11) is 0. The zero-order valence-corrected chi connectivity index (χ0v) is 11.2. The normalized spacial score (nSPS) is 28.5. The summed E-state index contributed by atoms with van der Waals surface area (Å²) >= 11 is 0. The zero-order valence-electron chi connectivity index (χ0n) is 11.2. The van der Waals surface area contributed by atoms with E-state index in [1.807, 2.05) is 0 Å². The SMILES string of the molecule is CC(C)(C(=O)O)C(CC(=O)O)(CC1CO1)CC1CO1. The van der Waals surface area contributed by atoms with Gasteiger partial charge in [-0.05, 0) is 26.7 Å². The van der Waals surface area contributed by atoms with E-state index in [1.165, 1.54) is 0 Å². The fourth-order valence-electron chi connectivity index (χ4n) is 2.72. The van der Waals surface area contributed by atoms with Crippen LogP contribution in [0.5, 0.6) is 0 Å². The van der Waals surface area contributed by atoms with E-state index in [-0.39, 0.29) is 18.6 Å². The Balaban J connectivity index is 2.29. The minimum atomic E-state index is -1.14. The average molecular weight is 272 g/mol. The zero-order chi connectivity index (χ0) is 14.3. The van der Waals surface area contributed by atoms with Crippen molar-refractivity contribution in [3.8, 4) is 0 Å². The second-order valence-electron chi connectivity index (χ2n) is 6.10. The molecule has 0 bridgehead atoms. The second-order valence-corrected chi connectivity index (χ2v) is 6.10. The van der Waals surface area contributed by atoms with Gasteiger partial charge in [-0.15, -0.1) is 0 Å². The molecule has 6 nitrogen and oxygen atoms in total. The Morgan fingerprint density at radius 1 is 1.11 bits per heavy atom. The fourth-order valence-corrected chi connectivity index (χ4v) is 2.72. The Bertz CT molecular complexity index is 367. The van der Waals surface area contributed by atoms with Crippen molar-refractivity contribution >= 4 is 11.9 Å². The number of hydrogen-bond donors (Lipinski definition) is 2. The van der Waals surface area contributed by atoms with Crippen LogP contribution in [0.1, 0.15) is 33.1 Å². The summed E-state index contributed by atoms with van der Waals surface area (Å²) in [6.07, 6.45) is 0.705. The van der Waals surface area contributed by atoms with E-state index >= 15 is 0 Å². The molecule has 0 aliphatic carbocycles. The van der Waals surface area contributed by atoms with Gasteiger partial charge in [0.1, 0.15) is 0 Å². The Kier molecular flexibility index (Phi) is 3.57. The van der Waals surface area contributed by atoms with Gasteiger partial charge in [-0.2, -0.15) is 0 Å². The highest BCUT2D eigenvalue weighted by molar-refractivity contribution is 5.77. The smallest absolute Gasteiger partial charge is 0.309 e. The molecule has 108 valence electrons. The second kappa shape index (κ2) is 4.76. The number of carboxylic acids is 2. The minimum Gasteiger partial charge on any atom is -0.481 e. The van der Waals surface area contributed by atoms with Crippen molar-refractivity contribution in [1.29, 1.82) is 0 Å². The predicted molar refractivity (Wildman–Crippen MR) is 64.8 cm³/mol. The molecule has 0 radical (unpaired) electrons. The lowest BCUT2D eigenvalue weighted by Crippen LogP contribution is -2.47. The first-order valence-electron chi connectivity index (χ1n) is 6.45. The van der Waals surface area contributed by atoms with Gasteiger partial charge in [0.25, 0.3) is 0 Å². The Morgan fingerprint density at radius 3 is 1.79 bits per heavy atom. The van der Waals surface area contributed by atoms with Crippen LogP contribution < -0.4 is 0 Å². The van der Waals surface area contributed by atoms with Crippen molar-refractivity contribution in [1.82, 2.24) is 0 Å². The van der Waals surface area contributed by atoms with Crippen LogP contribution in [-0.2, 0) is 19.1 Å². The van der Waals surface area contributed by atoms with E-state index in [4.69, 9.17) is 9.47 Å². The van der Waals surface area contributed by atoms with Gasteiger partial charge in [0.15, 0.2) is 0 Å². The maximum Gasteiger partial charge on any atom is 0.309 e. The van der Waals surface area contributed by atoms with Gasteiger partial charge in [0, 0.05) is 5.41 Å². The molecular formula is C13H20O6. The lowest BCUT2D eigenvalue weighted by atomic mass is 9.59. The number of carboxylic acid groups (broad SMARTS) is 2. The van der Waals surface area contributed by atoms with Gasteiger partial charge in [-0.25, -0.2) is 0 Å². The van der Waals surface area contributed by atoms with Crippen LogP contribution in [0.4, 0.5) is 0 Å². The highest BCUT2D eigenvalue weighted by atomic mass is 16.6. The van der Waals surface area contributed by atoms with E-state index < -0.39 is 22.8 Å². The molecule has 0 aromatic carbocycles. The van der Waals surface area contributed by atoms with Crippen molar-refractivity contribution in [2.24, 2.45) is 10.8 Å². The lowest BCUT2D eigenvalue weighted by molar-refractivity contribution is -0.160. The summed E-state index contributed by atoms with van der Waals surface area (Å²) in [5, 5.41) is 18.7. The van der Waals surface area contributed by atoms with Crippen LogP contribution in [-0.4, -0.2) is 47.6 Å². The lowest BCUT2D eigenvalue weighted by Gasteiger charge is -2.43.